The van der Waals surface area contributed by atoms with Crippen LogP contribution in [0.15, 0.2) is 18.2 Å². The summed E-state index contributed by atoms with van der Waals surface area (Å²) in [6, 6.07) is 6.37. The molecule has 1 atom stereocenters. The third kappa shape index (κ3) is 2.91. The van der Waals surface area contributed by atoms with Crippen LogP contribution < -0.4 is 5.32 Å². The minimum atomic E-state index is 0.569. The molecule has 1 N–H and O–H groups in total. The molecule has 4 heteroatoms. The second-order valence-corrected chi connectivity index (χ2v) is 4.36. The molecule has 1 aliphatic rings. The number of halogens is 1. The van der Waals surface area contributed by atoms with Crippen LogP contribution in [0.2, 0.25) is 5.15 Å². The van der Waals surface area contributed by atoms with Gasteiger partial charge in [-0.15, -0.1) is 0 Å². The summed E-state index contributed by atoms with van der Waals surface area (Å²) < 4.78 is 0. The summed E-state index contributed by atoms with van der Waals surface area (Å²) in [4.78, 5) is 6.73. The number of piperazine rings is 1. The second-order valence-electron chi connectivity index (χ2n) is 3.98. The second kappa shape index (κ2) is 4.92. The molecule has 1 fully saturated rings. The standard InChI is InChI=1S/C11H16ClN3/c1-9-7-13-5-6-15(9)8-10-3-2-4-11(12)14-10/h2-4,9,13H,5-8H2,1H3. The minimum absolute atomic E-state index is 0.569. The highest BCUT2D eigenvalue weighted by Crippen LogP contribution is 2.10. The summed E-state index contributed by atoms with van der Waals surface area (Å²) in [7, 11) is 0. The van der Waals surface area contributed by atoms with Crippen LogP contribution in [-0.2, 0) is 6.54 Å². The van der Waals surface area contributed by atoms with E-state index in [1.54, 1.807) is 0 Å². The van der Waals surface area contributed by atoms with E-state index in [1.807, 2.05) is 18.2 Å². The highest BCUT2D eigenvalue weighted by molar-refractivity contribution is 6.29. The molecule has 1 unspecified atom stereocenters. The van der Waals surface area contributed by atoms with Gasteiger partial charge in [-0.3, -0.25) is 4.90 Å². The van der Waals surface area contributed by atoms with E-state index in [4.69, 9.17) is 11.6 Å². The van der Waals surface area contributed by atoms with E-state index >= 15 is 0 Å². The van der Waals surface area contributed by atoms with Crippen LogP contribution in [0.3, 0.4) is 0 Å². The number of aromatic nitrogens is 1. The summed E-state index contributed by atoms with van der Waals surface area (Å²) in [6.45, 7) is 6.32. The Balaban J connectivity index is 2.01. The maximum absolute atomic E-state index is 5.86. The van der Waals surface area contributed by atoms with Crippen molar-refractivity contribution in [2.75, 3.05) is 19.6 Å². The zero-order chi connectivity index (χ0) is 10.7. The number of hydrogen-bond donors (Lipinski definition) is 1. The van der Waals surface area contributed by atoms with Gasteiger partial charge in [-0.2, -0.15) is 0 Å². The van der Waals surface area contributed by atoms with E-state index < -0.39 is 0 Å². The average molecular weight is 226 g/mol. The molecular weight excluding hydrogens is 210 g/mol. The molecule has 0 aromatic carbocycles. The van der Waals surface area contributed by atoms with Crippen LogP contribution in [-0.4, -0.2) is 35.6 Å². The highest BCUT2D eigenvalue weighted by atomic mass is 35.5. The molecule has 0 aliphatic carbocycles. The van der Waals surface area contributed by atoms with Gasteiger partial charge in [0.15, 0.2) is 0 Å². The molecule has 82 valence electrons. The monoisotopic (exact) mass is 225 g/mol. The van der Waals surface area contributed by atoms with Crippen LogP contribution in [0.25, 0.3) is 0 Å². The van der Waals surface area contributed by atoms with Crippen LogP contribution >= 0.6 is 11.6 Å². The fourth-order valence-electron chi connectivity index (χ4n) is 1.86. The van der Waals surface area contributed by atoms with E-state index in [1.165, 1.54) is 0 Å². The largest absolute Gasteiger partial charge is 0.314 e. The van der Waals surface area contributed by atoms with Crippen LogP contribution in [0.5, 0.6) is 0 Å². The normalized spacial score (nSPS) is 22.9. The average Bonchev–Trinajstić information content (AvgIpc) is 2.22. The van der Waals surface area contributed by atoms with Gasteiger partial charge in [0.1, 0.15) is 5.15 Å². The van der Waals surface area contributed by atoms with Gasteiger partial charge in [0.25, 0.3) is 0 Å². The molecule has 2 heterocycles. The van der Waals surface area contributed by atoms with E-state index in [0.717, 1.165) is 31.9 Å². The Morgan fingerprint density at radius 2 is 2.47 bits per heavy atom. The first kappa shape index (κ1) is 10.9. The number of nitrogens with one attached hydrogen (secondary N) is 1. The van der Waals surface area contributed by atoms with Gasteiger partial charge in [-0.05, 0) is 19.1 Å². The summed E-state index contributed by atoms with van der Waals surface area (Å²) in [5, 5.41) is 3.95. The topological polar surface area (TPSA) is 28.2 Å². The Kier molecular flexibility index (Phi) is 3.57. The van der Waals surface area contributed by atoms with Gasteiger partial charge in [0.2, 0.25) is 0 Å². The van der Waals surface area contributed by atoms with Gasteiger partial charge in [-0.1, -0.05) is 17.7 Å². The first-order chi connectivity index (χ1) is 7.25. The van der Waals surface area contributed by atoms with E-state index in [-0.39, 0.29) is 0 Å². The number of rotatable bonds is 2. The minimum Gasteiger partial charge on any atom is -0.314 e. The Bertz CT molecular complexity index is 329. The van der Waals surface area contributed by atoms with Crippen molar-refractivity contribution in [3.8, 4) is 0 Å². The predicted octanol–water partition coefficient (Wildman–Crippen LogP) is 1.53. The maximum Gasteiger partial charge on any atom is 0.129 e. The van der Waals surface area contributed by atoms with Crippen molar-refractivity contribution in [1.82, 2.24) is 15.2 Å². The smallest absolute Gasteiger partial charge is 0.129 e. The Morgan fingerprint density at radius 1 is 1.60 bits per heavy atom. The molecule has 0 bridgehead atoms. The third-order valence-corrected chi connectivity index (χ3v) is 2.99. The summed E-state index contributed by atoms with van der Waals surface area (Å²) >= 11 is 5.86. The van der Waals surface area contributed by atoms with Gasteiger partial charge in [0.05, 0.1) is 5.69 Å². The SMILES string of the molecule is CC1CNCCN1Cc1cccc(Cl)n1. The van der Waals surface area contributed by atoms with Crippen molar-refractivity contribution in [2.45, 2.75) is 19.5 Å². The van der Waals surface area contributed by atoms with Crippen LogP contribution in [0.4, 0.5) is 0 Å². The molecule has 0 spiro atoms. The predicted molar refractivity (Wildman–Crippen MR) is 62.0 cm³/mol. The molecule has 1 saturated heterocycles. The van der Waals surface area contributed by atoms with E-state index in [9.17, 15) is 0 Å². The summed E-state index contributed by atoms with van der Waals surface area (Å²) in [5.74, 6) is 0. The molecular formula is C11H16ClN3. The molecule has 0 amide bonds. The molecule has 3 nitrogen and oxygen atoms in total. The van der Waals surface area contributed by atoms with Crippen molar-refractivity contribution in [1.29, 1.82) is 0 Å². The highest BCUT2D eigenvalue weighted by Gasteiger charge is 2.17. The van der Waals surface area contributed by atoms with Gasteiger partial charge in [-0.25, -0.2) is 4.98 Å². The van der Waals surface area contributed by atoms with E-state index in [0.29, 0.717) is 11.2 Å². The Hall–Kier alpha value is -0.640. The molecule has 0 saturated carbocycles. The zero-order valence-corrected chi connectivity index (χ0v) is 9.67. The molecule has 0 radical (unpaired) electrons. The first-order valence-electron chi connectivity index (χ1n) is 5.32. The number of hydrogen-bond acceptors (Lipinski definition) is 3. The van der Waals surface area contributed by atoms with Crippen molar-refractivity contribution in [3.63, 3.8) is 0 Å². The lowest BCUT2D eigenvalue weighted by atomic mass is 10.2. The van der Waals surface area contributed by atoms with E-state index in [2.05, 4.69) is 22.1 Å². The molecule has 1 aromatic rings. The third-order valence-electron chi connectivity index (χ3n) is 2.78. The molecule has 1 aromatic heterocycles. The fraction of sp³-hybridized carbons (Fsp3) is 0.545. The van der Waals surface area contributed by atoms with Crippen LogP contribution in [0.1, 0.15) is 12.6 Å². The van der Waals surface area contributed by atoms with Crippen molar-refractivity contribution >= 4 is 11.6 Å². The maximum atomic E-state index is 5.86. The fourth-order valence-corrected chi connectivity index (χ4v) is 2.05. The molecule has 2 rings (SSSR count). The molecule has 15 heavy (non-hydrogen) atoms. The Morgan fingerprint density at radius 3 is 3.20 bits per heavy atom. The van der Waals surface area contributed by atoms with Crippen molar-refractivity contribution in [3.05, 3.63) is 29.0 Å². The van der Waals surface area contributed by atoms with Crippen molar-refractivity contribution < 1.29 is 0 Å². The number of nitrogens with zero attached hydrogens (tertiary/aromatic N) is 2. The molecule has 1 aliphatic heterocycles. The number of pyridine rings is 1. The first-order valence-corrected chi connectivity index (χ1v) is 5.70. The van der Waals surface area contributed by atoms with Gasteiger partial charge < -0.3 is 5.32 Å². The van der Waals surface area contributed by atoms with Crippen molar-refractivity contribution in [2.24, 2.45) is 0 Å². The lowest BCUT2D eigenvalue weighted by Crippen LogP contribution is -2.49. The lowest BCUT2D eigenvalue weighted by Gasteiger charge is -2.33. The summed E-state index contributed by atoms with van der Waals surface area (Å²) in [6.07, 6.45) is 0. The quantitative estimate of drug-likeness (QED) is 0.774. The summed E-state index contributed by atoms with van der Waals surface area (Å²) in [5.41, 5.74) is 1.05. The lowest BCUT2D eigenvalue weighted by molar-refractivity contribution is 0.164. The van der Waals surface area contributed by atoms with Gasteiger partial charge in [0, 0.05) is 32.2 Å². The Labute approximate surface area is 95.4 Å². The van der Waals surface area contributed by atoms with Gasteiger partial charge >= 0.3 is 0 Å². The van der Waals surface area contributed by atoms with Crippen LogP contribution in [0, 0.1) is 0 Å². The zero-order valence-electron chi connectivity index (χ0n) is 8.91.